The van der Waals surface area contributed by atoms with E-state index in [9.17, 15) is 14.4 Å². The molecule has 0 saturated heterocycles. The average Bonchev–Trinajstić information content (AvgIpc) is 2.66. The highest BCUT2D eigenvalue weighted by molar-refractivity contribution is 6.05. The number of rotatable bonds is 7. The molecule has 2 aromatic rings. The molecule has 0 saturated carbocycles. The largest absolute Gasteiger partial charge is 0.482 e. The van der Waals surface area contributed by atoms with Crippen LogP contribution in [0, 0.1) is 6.92 Å². The molecule has 2 rings (SSSR count). The fraction of sp³-hybridized carbons (Fsp3) is 0.286. The molecule has 1 N–H and O–H groups in total. The summed E-state index contributed by atoms with van der Waals surface area (Å²) in [5.74, 6) is -0.997. The van der Waals surface area contributed by atoms with Crippen molar-refractivity contribution < 1.29 is 23.9 Å². The van der Waals surface area contributed by atoms with Crippen LogP contribution in [0.25, 0.3) is 0 Å². The van der Waals surface area contributed by atoms with E-state index in [1.807, 2.05) is 25.1 Å². The van der Waals surface area contributed by atoms with Crippen LogP contribution < -0.4 is 10.1 Å². The Hall–Kier alpha value is -3.15. The maximum Gasteiger partial charge on any atom is 0.344 e. The first-order valence-electron chi connectivity index (χ1n) is 8.65. The van der Waals surface area contributed by atoms with Gasteiger partial charge in [-0.1, -0.05) is 44.2 Å². The molecule has 0 bridgehead atoms. The molecule has 6 heteroatoms. The smallest absolute Gasteiger partial charge is 0.344 e. The van der Waals surface area contributed by atoms with Gasteiger partial charge >= 0.3 is 5.97 Å². The molecule has 2 aromatic carbocycles. The van der Waals surface area contributed by atoms with Crippen LogP contribution in [-0.2, 0) is 14.3 Å². The molecule has 142 valence electrons. The van der Waals surface area contributed by atoms with E-state index in [0.717, 1.165) is 11.1 Å². The molecule has 0 aliphatic heterocycles. The molecule has 0 atom stereocenters. The predicted octanol–water partition coefficient (Wildman–Crippen LogP) is 3.00. The van der Waals surface area contributed by atoms with Crippen LogP contribution in [0.4, 0.5) is 0 Å². The highest BCUT2D eigenvalue weighted by atomic mass is 16.6. The maximum absolute atomic E-state index is 11.8. The van der Waals surface area contributed by atoms with Crippen molar-refractivity contribution in [3.63, 3.8) is 0 Å². The van der Waals surface area contributed by atoms with Crippen LogP contribution in [0.3, 0.4) is 0 Å². The van der Waals surface area contributed by atoms with Crippen molar-refractivity contribution in [3.05, 3.63) is 65.2 Å². The van der Waals surface area contributed by atoms with Gasteiger partial charge in [-0.15, -0.1) is 0 Å². The quantitative estimate of drug-likeness (QED) is 0.759. The van der Waals surface area contributed by atoms with E-state index < -0.39 is 24.4 Å². The third-order valence-corrected chi connectivity index (χ3v) is 3.88. The normalized spacial score (nSPS) is 10.4. The summed E-state index contributed by atoms with van der Waals surface area (Å²) in [7, 11) is 0. The van der Waals surface area contributed by atoms with Gasteiger partial charge in [0.2, 0.25) is 0 Å². The van der Waals surface area contributed by atoms with E-state index in [0.29, 0.717) is 17.2 Å². The number of ether oxygens (including phenoxy) is 2. The van der Waals surface area contributed by atoms with Crippen LogP contribution in [-0.4, -0.2) is 31.0 Å². The van der Waals surface area contributed by atoms with Crippen molar-refractivity contribution >= 4 is 17.8 Å². The highest BCUT2D eigenvalue weighted by Gasteiger charge is 2.13. The fourth-order valence-electron chi connectivity index (χ4n) is 2.28. The van der Waals surface area contributed by atoms with Gasteiger partial charge in [-0.25, -0.2) is 4.79 Å². The minimum absolute atomic E-state index is 0.317. The van der Waals surface area contributed by atoms with Gasteiger partial charge in [-0.3, -0.25) is 14.9 Å². The second kappa shape index (κ2) is 9.52. The Labute approximate surface area is 158 Å². The summed E-state index contributed by atoms with van der Waals surface area (Å²) < 4.78 is 10.4. The minimum atomic E-state index is -0.699. The number of hydrogen-bond donors (Lipinski definition) is 1. The van der Waals surface area contributed by atoms with Crippen molar-refractivity contribution in [3.8, 4) is 5.75 Å². The third kappa shape index (κ3) is 6.26. The molecule has 27 heavy (non-hydrogen) atoms. The van der Waals surface area contributed by atoms with Gasteiger partial charge in [0, 0.05) is 5.56 Å². The van der Waals surface area contributed by atoms with Gasteiger partial charge in [-0.2, -0.15) is 0 Å². The number of hydrogen-bond acceptors (Lipinski definition) is 5. The van der Waals surface area contributed by atoms with Crippen LogP contribution >= 0.6 is 0 Å². The summed E-state index contributed by atoms with van der Waals surface area (Å²) in [6.07, 6.45) is 0. The summed E-state index contributed by atoms with van der Waals surface area (Å²) >= 11 is 0. The number of benzene rings is 2. The lowest BCUT2D eigenvalue weighted by molar-refractivity contribution is -0.150. The Kier molecular flexibility index (Phi) is 7.11. The van der Waals surface area contributed by atoms with E-state index in [1.54, 1.807) is 30.3 Å². The number of carbonyl (C=O) groups is 3. The minimum Gasteiger partial charge on any atom is -0.482 e. The Morgan fingerprint density at radius 3 is 2.37 bits per heavy atom. The molecule has 0 aliphatic carbocycles. The molecule has 2 amide bonds. The lowest BCUT2D eigenvalue weighted by Gasteiger charge is -2.12. The van der Waals surface area contributed by atoms with Gasteiger partial charge in [0.1, 0.15) is 5.75 Å². The van der Waals surface area contributed by atoms with Gasteiger partial charge in [0.25, 0.3) is 11.8 Å². The monoisotopic (exact) mass is 369 g/mol. The van der Waals surface area contributed by atoms with E-state index >= 15 is 0 Å². The van der Waals surface area contributed by atoms with Gasteiger partial charge in [-0.05, 0) is 42.2 Å². The van der Waals surface area contributed by atoms with Crippen LogP contribution in [0.2, 0.25) is 0 Å². The summed E-state index contributed by atoms with van der Waals surface area (Å²) in [6, 6.07) is 14.1. The fourth-order valence-corrected chi connectivity index (χ4v) is 2.28. The Balaban J connectivity index is 1.78. The number of nitrogens with one attached hydrogen (secondary N) is 1. The zero-order valence-corrected chi connectivity index (χ0v) is 15.7. The standard InChI is InChI=1S/C21H23NO5/c1-14(2)17-10-9-15(3)18(11-17)26-13-20(24)27-12-19(23)22-21(25)16-7-5-4-6-8-16/h4-11,14H,12-13H2,1-3H3,(H,22,23,25). The molecule has 0 aliphatic rings. The van der Waals surface area contributed by atoms with Crippen molar-refractivity contribution in [1.29, 1.82) is 0 Å². The zero-order valence-electron chi connectivity index (χ0n) is 15.7. The number of imide groups is 1. The summed E-state index contributed by atoms with van der Waals surface area (Å²) in [6.45, 7) is 5.15. The summed E-state index contributed by atoms with van der Waals surface area (Å²) in [5.41, 5.74) is 2.35. The van der Waals surface area contributed by atoms with Crippen LogP contribution in [0.5, 0.6) is 5.75 Å². The molecular weight excluding hydrogens is 346 g/mol. The van der Waals surface area contributed by atoms with E-state index in [1.165, 1.54) is 0 Å². The van der Waals surface area contributed by atoms with Crippen LogP contribution in [0.1, 0.15) is 41.3 Å². The lowest BCUT2D eigenvalue weighted by Crippen LogP contribution is -2.34. The summed E-state index contributed by atoms with van der Waals surface area (Å²) in [4.78, 5) is 35.4. The Morgan fingerprint density at radius 1 is 1.00 bits per heavy atom. The second-order valence-corrected chi connectivity index (χ2v) is 6.37. The zero-order chi connectivity index (χ0) is 19.8. The van der Waals surface area contributed by atoms with Gasteiger partial charge < -0.3 is 9.47 Å². The van der Waals surface area contributed by atoms with Crippen molar-refractivity contribution in [1.82, 2.24) is 5.32 Å². The Morgan fingerprint density at radius 2 is 1.70 bits per heavy atom. The SMILES string of the molecule is Cc1ccc(C(C)C)cc1OCC(=O)OCC(=O)NC(=O)c1ccccc1. The lowest BCUT2D eigenvalue weighted by atomic mass is 10.0. The predicted molar refractivity (Wildman–Crippen MR) is 101 cm³/mol. The molecule has 6 nitrogen and oxygen atoms in total. The van der Waals surface area contributed by atoms with Crippen molar-refractivity contribution in [2.75, 3.05) is 13.2 Å². The van der Waals surface area contributed by atoms with Gasteiger partial charge in [0.05, 0.1) is 0 Å². The Bertz CT molecular complexity index is 815. The topological polar surface area (TPSA) is 81.7 Å². The van der Waals surface area contributed by atoms with Crippen molar-refractivity contribution in [2.24, 2.45) is 0 Å². The van der Waals surface area contributed by atoms with Gasteiger partial charge in [0.15, 0.2) is 13.2 Å². The first-order valence-corrected chi connectivity index (χ1v) is 8.65. The molecule has 0 aromatic heterocycles. The molecule has 0 spiro atoms. The number of aryl methyl sites for hydroxylation is 1. The molecule has 0 fully saturated rings. The molecular formula is C21H23NO5. The highest BCUT2D eigenvalue weighted by Crippen LogP contribution is 2.24. The maximum atomic E-state index is 11.8. The van der Waals surface area contributed by atoms with E-state index in [2.05, 4.69) is 19.2 Å². The number of amides is 2. The first-order chi connectivity index (χ1) is 12.9. The second-order valence-electron chi connectivity index (χ2n) is 6.37. The van der Waals surface area contributed by atoms with Crippen LogP contribution in [0.15, 0.2) is 48.5 Å². The third-order valence-electron chi connectivity index (χ3n) is 3.88. The molecule has 0 unspecified atom stereocenters. The average molecular weight is 369 g/mol. The van der Waals surface area contributed by atoms with E-state index in [-0.39, 0.29) is 6.61 Å². The molecule has 0 heterocycles. The van der Waals surface area contributed by atoms with Crippen molar-refractivity contribution in [2.45, 2.75) is 26.7 Å². The number of carbonyl (C=O) groups excluding carboxylic acids is 3. The number of esters is 1. The summed E-state index contributed by atoms with van der Waals surface area (Å²) in [5, 5.41) is 2.16. The first kappa shape index (κ1) is 20.2. The molecule has 0 radical (unpaired) electrons. The van der Waals surface area contributed by atoms with E-state index in [4.69, 9.17) is 9.47 Å².